The standard InChI is InChI=1S/C7H9F2N3O/c8-4-3-5(9)7(11-1-2-13)12-6(4)10/h3,13H,1-2H2,(H3,10,11,12). The molecule has 0 aliphatic heterocycles. The average Bonchev–Trinajstić information content (AvgIpc) is 2.09. The normalized spacial score (nSPS) is 10.1. The molecule has 0 amide bonds. The summed E-state index contributed by atoms with van der Waals surface area (Å²) in [6, 6.07) is 0.641. The van der Waals surface area contributed by atoms with E-state index in [1.54, 1.807) is 0 Å². The number of aliphatic hydroxyl groups is 1. The van der Waals surface area contributed by atoms with Gasteiger partial charge in [0.05, 0.1) is 6.61 Å². The van der Waals surface area contributed by atoms with E-state index >= 15 is 0 Å². The molecule has 0 aromatic carbocycles. The maximum absolute atomic E-state index is 12.9. The molecule has 13 heavy (non-hydrogen) atoms. The number of rotatable bonds is 3. The first-order valence-electron chi connectivity index (χ1n) is 3.61. The van der Waals surface area contributed by atoms with Gasteiger partial charge in [-0.05, 0) is 0 Å². The van der Waals surface area contributed by atoms with Gasteiger partial charge in [-0.2, -0.15) is 0 Å². The monoisotopic (exact) mass is 189 g/mol. The summed E-state index contributed by atoms with van der Waals surface area (Å²) in [5.74, 6) is -2.26. The number of anilines is 2. The molecule has 1 aromatic heterocycles. The van der Waals surface area contributed by atoms with E-state index in [-0.39, 0.29) is 24.8 Å². The predicted octanol–water partition coefficient (Wildman–Crippen LogP) is 0.346. The molecule has 0 fully saturated rings. The maximum Gasteiger partial charge on any atom is 0.168 e. The number of nitrogens with one attached hydrogen (secondary N) is 1. The Labute approximate surface area is 73.4 Å². The van der Waals surface area contributed by atoms with E-state index in [9.17, 15) is 8.78 Å². The van der Waals surface area contributed by atoms with Gasteiger partial charge in [0.15, 0.2) is 23.3 Å². The second-order valence-corrected chi connectivity index (χ2v) is 2.34. The van der Waals surface area contributed by atoms with Crippen molar-refractivity contribution < 1.29 is 13.9 Å². The van der Waals surface area contributed by atoms with E-state index in [2.05, 4.69) is 10.3 Å². The number of aromatic nitrogens is 1. The largest absolute Gasteiger partial charge is 0.395 e. The van der Waals surface area contributed by atoms with Gasteiger partial charge in [-0.1, -0.05) is 0 Å². The van der Waals surface area contributed by atoms with Gasteiger partial charge in [0.2, 0.25) is 0 Å². The van der Waals surface area contributed by atoms with Crippen LogP contribution in [0.2, 0.25) is 0 Å². The van der Waals surface area contributed by atoms with Crippen molar-refractivity contribution in [1.29, 1.82) is 0 Å². The molecule has 1 aromatic rings. The molecule has 0 radical (unpaired) electrons. The van der Waals surface area contributed by atoms with Crippen molar-refractivity contribution >= 4 is 11.6 Å². The van der Waals surface area contributed by atoms with Crippen LogP contribution in [-0.4, -0.2) is 23.2 Å². The van der Waals surface area contributed by atoms with Gasteiger partial charge in [0, 0.05) is 12.6 Å². The van der Waals surface area contributed by atoms with Crippen LogP contribution in [0.25, 0.3) is 0 Å². The summed E-state index contributed by atoms with van der Waals surface area (Å²) < 4.78 is 25.4. The summed E-state index contributed by atoms with van der Waals surface area (Å²) in [5, 5.41) is 10.9. The molecule has 6 heteroatoms. The molecule has 1 rings (SSSR count). The van der Waals surface area contributed by atoms with Crippen LogP contribution < -0.4 is 11.1 Å². The van der Waals surface area contributed by atoms with Gasteiger partial charge in [-0.25, -0.2) is 13.8 Å². The predicted molar refractivity (Wildman–Crippen MR) is 44.1 cm³/mol. The van der Waals surface area contributed by atoms with Crippen LogP contribution in [0.15, 0.2) is 6.07 Å². The van der Waals surface area contributed by atoms with E-state index in [1.807, 2.05) is 0 Å². The average molecular weight is 189 g/mol. The van der Waals surface area contributed by atoms with Crippen molar-refractivity contribution in [3.8, 4) is 0 Å². The lowest BCUT2D eigenvalue weighted by molar-refractivity contribution is 0.310. The first-order valence-corrected chi connectivity index (χ1v) is 3.61. The molecular weight excluding hydrogens is 180 g/mol. The van der Waals surface area contributed by atoms with E-state index in [1.165, 1.54) is 0 Å². The Kier molecular flexibility index (Phi) is 2.97. The molecule has 0 unspecified atom stereocenters. The Bertz CT molecular complexity index is 306. The first kappa shape index (κ1) is 9.66. The number of halogens is 2. The summed E-state index contributed by atoms with van der Waals surface area (Å²) in [7, 11) is 0. The lowest BCUT2D eigenvalue weighted by Gasteiger charge is -2.05. The third-order valence-electron chi connectivity index (χ3n) is 1.36. The smallest absolute Gasteiger partial charge is 0.168 e. The number of nitrogens with zero attached hydrogens (tertiary/aromatic N) is 1. The highest BCUT2D eigenvalue weighted by Gasteiger charge is 2.08. The zero-order valence-electron chi connectivity index (χ0n) is 6.72. The minimum absolute atomic E-state index is 0.134. The molecule has 1 heterocycles. The van der Waals surface area contributed by atoms with Crippen molar-refractivity contribution in [1.82, 2.24) is 4.98 Å². The molecule has 0 saturated carbocycles. The Morgan fingerprint density at radius 2 is 2.15 bits per heavy atom. The Morgan fingerprint density at radius 3 is 2.77 bits per heavy atom. The molecule has 0 saturated heterocycles. The molecular formula is C7H9F2N3O. The van der Waals surface area contributed by atoms with Gasteiger partial charge in [-0.3, -0.25) is 0 Å². The van der Waals surface area contributed by atoms with Crippen molar-refractivity contribution in [3.63, 3.8) is 0 Å². The van der Waals surface area contributed by atoms with Gasteiger partial charge in [0.1, 0.15) is 0 Å². The van der Waals surface area contributed by atoms with Gasteiger partial charge in [0.25, 0.3) is 0 Å². The summed E-state index contributed by atoms with van der Waals surface area (Å²) in [4.78, 5) is 3.42. The SMILES string of the molecule is Nc1nc(NCCO)c(F)cc1F. The summed E-state index contributed by atoms with van der Waals surface area (Å²) in [6.07, 6.45) is 0. The van der Waals surface area contributed by atoms with Gasteiger partial charge >= 0.3 is 0 Å². The number of pyridine rings is 1. The molecule has 0 aliphatic rings. The highest BCUT2D eigenvalue weighted by Crippen LogP contribution is 2.15. The lowest BCUT2D eigenvalue weighted by atomic mass is 10.4. The molecule has 0 bridgehead atoms. The number of nitrogens with two attached hydrogens (primary N) is 1. The third-order valence-corrected chi connectivity index (χ3v) is 1.36. The van der Waals surface area contributed by atoms with Gasteiger partial charge < -0.3 is 16.2 Å². The highest BCUT2D eigenvalue weighted by atomic mass is 19.1. The van der Waals surface area contributed by atoms with Crippen LogP contribution in [0, 0.1) is 11.6 Å². The fourth-order valence-corrected chi connectivity index (χ4v) is 0.779. The Morgan fingerprint density at radius 1 is 1.46 bits per heavy atom. The van der Waals surface area contributed by atoms with Crippen molar-refractivity contribution in [3.05, 3.63) is 17.7 Å². The van der Waals surface area contributed by atoms with Crippen LogP contribution >= 0.6 is 0 Å². The van der Waals surface area contributed by atoms with Crippen molar-refractivity contribution in [2.75, 3.05) is 24.2 Å². The van der Waals surface area contributed by atoms with Crippen LogP contribution in [0.4, 0.5) is 20.4 Å². The number of hydrogen-bond acceptors (Lipinski definition) is 4. The second-order valence-electron chi connectivity index (χ2n) is 2.34. The zero-order chi connectivity index (χ0) is 9.84. The lowest BCUT2D eigenvalue weighted by Crippen LogP contribution is -2.10. The molecule has 4 nitrogen and oxygen atoms in total. The Balaban J connectivity index is 2.88. The highest BCUT2D eigenvalue weighted by molar-refractivity contribution is 5.44. The van der Waals surface area contributed by atoms with E-state index in [0.717, 1.165) is 0 Å². The minimum Gasteiger partial charge on any atom is -0.395 e. The molecule has 0 spiro atoms. The van der Waals surface area contributed by atoms with Crippen molar-refractivity contribution in [2.24, 2.45) is 0 Å². The van der Waals surface area contributed by atoms with Crippen LogP contribution in [0.1, 0.15) is 0 Å². The molecule has 4 N–H and O–H groups in total. The van der Waals surface area contributed by atoms with E-state index in [0.29, 0.717) is 6.07 Å². The summed E-state index contributed by atoms with van der Waals surface area (Å²) >= 11 is 0. The van der Waals surface area contributed by atoms with Crippen LogP contribution in [0.5, 0.6) is 0 Å². The number of aliphatic hydroxyl groups excluding tert-OH is 1. The van der Waals surface area contributed by atoms with Gasteiger partial charge in [-0.15, -0.1) is 0 Å². The first-order chi connectivity index (χ1) is 6.15. The topological polar surface area (TPSA) is 71.2 Å². The summed E-state index contributed by atoms with van der Waals surface area (Å²) in [5.41, 5.74) is 5.11. The molecule has 0 atom stereocenters. The minimum atomic E-state index is -0.896. The second kappa shape index (κ2) is 3.99. The number of hydrogen-bond donors (Lipinski definition) is 3. The Hall–Kier alpha value is -1.43. The summed E-state index contributed by atoms with van der Waals surface area (Å²) in [6.45, 7) is -0.0343. The molecule has 0 aliphatic carbocycles. The fourth-order valence-electron chi connectivity index (χ4n) is 0.779. The fraction of sp³-hybridized carbons (Fsp3) is 0.286. The molecule has 72 valence electrons. The quantitative estimate of drug-likeness (QED) is 0.641. The van der Waals surface area contributed by atoms with Crippen molar-refractivity contribution in [2.45, 2.75) is 0 Å². The third kappa shape index (κ3) is 2.25. The van der Waals surface area contributed by atoms with E-state index < -0.39 is 11.6 Å². The zero-order valence-corrected chi connectivity index (χ0v) is 6.72. The van der Waals surface area contributed by atoms with Crippen LogP contribution in [0.3, 0.4) is 0 Å². The maximum atomic E-state index is 12.9. The number of nitrogen functional groups attached to an aromatic ring is 1. The van der Waals surface area contributed by atoms with E-state index in [4.69, 9.17) is 10.8 Å². The van der Waals surface area contributed by atoms with Crippen LogP contribution in [-0.2, 0) is 0 Å².